The van der Waals surface area contributed by atoms with Gasteiger partial charge >= 0.3 is 8.80 Å². The normalized spacial score (nSPS) is 11.4. The summed E-state index contributed by atoms with van der Waals surface area (Å²) in [6.45, 7) is 1.95. The fourth-order valence-corrected chi connectivity index (χ4v) is 3.81. The Morgan fingerprint density at radius 2 is 1.28 bits per heavy atom. The van der Waals surface area contributed by atoms with Gasteiger partial charge in [0.15, 0.2) is 0 Å². The van der Waals surface area contributed by atoms with Gasteiger partial charge in [-0.15, -0.1) is 0 Å². The summed E-state index contributed by atoms with van der Waals surface area (Å²) in [5.41, 5.74) is 0.976. The Balaban J connectivity index is 3.44. The summed E-state index contributed by atoms with van der Waals surface area (Å²) in [7, 11) is 4.97. The number of aryl methyl sites for hydroxylation is 1. The first kappa shape index (κ1) is 15.0. The number of rotatable bonds is 6. The third kappa shape index (κ3) is 2.51. The number of benzene rings is 1. The third-order valence-corrected chi connectivity index (χ3v) is 5.52. The van der Waals surface area contributed by atoms with Gasteiger partial charge in [0.1, 0.15) is 11.5 Å². The molecule has 1 rings (SSSR count). The van der Waals surface area contributed by atoms with Crippen LogP contribution in [0.25, 0.3) is 0 Å². The summed E-state index contributed by atoms with van der Waals surface area (Å²) in [6, 6.07) is 3.73. The molecule has 5 nitrogen and oxygen atoms in total. The number of ether oxygens (including phenoxy) is 2. The molecule has 0 atom stereocenters. The van der Waals surface area contributed by atoms with E-state index in [0.29, 0.717) is 5.75 Å². The fourth-order valence-electron chi connectivity index (χ4n) is 1.87. The molecule has 0 heterocycles. The standard InChI is InChI=1S/C12H20O5Si/c1-9-7-11(14-3)12(8-10(9)13-2)18(15-4,16-5)17-6/h7-8H,1-6H3. The summed E-state index contributed by atoms with van der Waals surface area (Å²) < 4.78 is 27.1. The first-order valence-corrected chi connectivity index (χ1v) is 7.19. The first-order valence-electron chi connectivity index (χ1n) is 5.47. The molecule has 0 radical (unpaired) electrons. The van der Waals surface area contributed by atoms with Gasteiger partial charge in [-0.25, -0.2) is 0 Å². The highest BCUT2D eigenvalue weighted by Crippen LogP contribution is 2.25. The Kier molecular flexibility index (Phi) is 5.15. The predicted molar refractivity (Wildman–Crippen MR) is 70.7 cm³/mol. The largest absolute Gasteiger partial charge is 0.540 e. The van der Waals surface area contributed by atoms with Gasteiger partial charge in [-0.3, -0.25) is 0 Å². The molecular formula is C12H20O5Si. The van der Waals surface area contributed by atoms with Crippen molar-refractivity contribution >= 4 is 14.0 Å². The van der Waals surface area contributed by atoms with Gasteiger partial charge in [0.05, 0.1) is 19.4 Å². The van der Waals surface area contributed by atoms with Gasteiger partial charge in [-0.1, -0.05) is 0 Å². The lowest BCUT2D eigenvalue weighted by Gasteiger charge is -2.26. The minimum Gasteiger partial charge on any atom is -0.497 e. The molecule has 0 fully saturated rings. The third-order valence-electron chi connectivity index (χ3n) is 2.85. The van der Waals surface area contributed by atoms with Crippen LogP contribution in [0.2, 0.25) is 0 Å². The topological polar surface area (TPSA) is 46.2 Å². The van der Waals surface area contributed by atoms with Crippen LogP contribution in [-0.2, 0) is 13.3 Å². The minimum absolute atomic E-state index is 0.672. The molecule has 1 aromatic rings. The van der Waals surface area contributed by atoms with Gasteiger partial charge in [0.25, 0.3) is 0 Å². The van der Waals surface area contributed by atoms with Crippen LogP contribution in [-0.4, -0.2) is 44.4 Å². The van der Waals surface area contributed by atoms with E-state index < -0.39 is 8.80 Å². The van der Waals surface area contributed by atoms with Crippen molar-refractivity contribution < 1.29 is 22.8 Å². The zero-order chi connectivity index (χ0) is 13.8. The van der Waals surface area contributed by atoms with Crippen LogP contribution in [0.5, 0.6) is 11.5 Å². The Morgan fingerprint density at radius 1 is 0.778 bits per heavy atom. The minimum atomic E-state index is -2.93. The van der Waals surface area contributed by atoms with E-state index in [1.54, 1.807) is 35.5 Å². The van der Waals surface area contributed by atoms with Gasteiger partial charge in [0, 0.05) is 21.3 Å². The molecule has 0 N–H and O–H groups in total. The van der Waals surface area contributed by atoms with E-state index in [2.05, 4.69) is 0 Å². The lowest BCUT2D eigenvalue weighted by Crippen LogP contribution is -2.55. The van der Waals surface area contributed by atoms with Gasteiger partial charge in [0.2, 0.25) is 0 Å². The van der Waals surface area contributed by atoms with E-state index in [-0.39, 0.29) is 0 Å². The smallest absolute Gasteiger partial charge is 0.497 e. The van der Waals surface area contributed by atoms with Crippen molar-refractivity contribution in [3.8, 4) is 11.5 Å². The fraction of sp³-hybridized carbons (Fsp3) is 0.500. The van der Waals surface area contributed by atoms with Crippen molar-refractivity contribution in [1.29, 1.82) is 0 Å². The van der Waals surface area contributed by atoms with Crippen LogP contribution in [0.4, 0.5) is 0 Å². The molecular weight excluding hydrogens is 252 g/mol. The number of methoxy groups -OCH3 is 2. The molecule has 0 aromatic heterocycles. The van der Waals surface area contributed by atoms with Crippen LogP contribution in [0, 0.1) is 6.92 Å². The first-order chi connectivity index (χ1) is 8.58. The van der Waals surface area contributed by atoms with Crippen molar-refractivity contribution in [1.82, 2.24) is 0 Å². The summed E-state index contributed by atoms with van der Waals surface area (Å²) in [5.74, 6) is 1.42. The van der Waals surface area contributed by atoms with Crippen molar-refractivity contribution in [2.75, 3.05) is 35.5 Å². The molecule has 0 spiro atoms. The maximum atomic E-state index is 5.46. The van der Waals surface area contributed by atoms with E-state index >= 15 is 0 Å². The van der Waals surface area contributed by atoms with Gasteiger partial charge in [-0.2, -0.15) is 0 Å². The molecule has 0 aliphatic heterocycles. The molecule has 1 aromatic carbocycles. The maximum absolute atomic E-state index is 5.46. The van der Waals surface area contributed by atoms with E-state index in [1.807, 2.05) is 19.1 Å². The molecule has 0 saturated carbocycles. The average Bonchev–Trinajstić information content (AvgIpc) is 2.42. The molecule has 6 heteroatoms. The Morgan fingerprint density at radius 3 is 1.67 bits per heavy atom. The van der Waals surface area contributed by atoms with E-state index in [4.69, 9.17) is 22.8 Å². The summed E-state index contributed by atoms with van der Waals surface area (Å²) >= 11 is 0. The molecule has 0 aliphatic carbocycles. The quantitative estimate of drug-likeness (QED) is 0.726. The van der Waals surface area contributed by atoms with E-state index in [9.17, 15) is 0 Å². The molecule has 0 aliphatic rings. The van der Waals surface area contributed by atoms with Gasteiger partial charge < -0.3 is 22.8 Å². The second kappa shape index (κ2) is 6.19. The van der Waals surface area contributed by atoms with Crippen LogP contribution < -0.4 is 14.7 Å². The van der Waals surface area contributed by atoms with Crippen molar-refractivity contribution in [2.45, 2.75) is 6.92 Å². The highest BCUT2D eigenvalue weighted by Gasteiger charge is 2.44. The highest BCUT2D eigenvalue weighted by atomic mass is 28.4. The van der Waals surface area contributed by atoms with Crippen molar-refractivity contribution in [3.05, 3.63) is 17.7 Å². The number of hydrogen-bond donors (Lipinski definition) is 0. The molecule has 0 bridgehead atoms. The predicted octanol–water partition coefficient (Wildman–Crippen LogP) is 1.10. The second-order valence-corrected chi connectivity index (χ2v) is 6.57. The summed E-state index contributed by atoms with van der Waals surface area (Å²) in [6.07, 6.45) is 0. The number of hydrogen-bond acceptors (Lipinski definition) is 5. The Hall–Kier alpha value is -1.08. The zero-order valence-electron chi connectivity index (χ0n) is 11.7. The average molecular weight is 272 g/mol. The van der Waals surface area contributed by atoms with E-state index in [0.717, 1.165) is 16.5 Å². The summed E-state index contributed by atoms with van der Waals surface area (Å²) in [4.78, 5) is 0. The van der Waals surface area contributed by atoms with Crippen LogP contribution in [0.1, 0.15) is 5.56 Å². The zero-order valence-corrected chi connectivity index (χ0v) is 12.7. The molecule has 18 heavy (non-hydrogen) atoms. The molecule has 0 unspecified atom stereocenters. The van der Waals surface area contributed by atoms with Crippen LogP contribution in [0.15, 0.2) is 12.1 Å². The highest BCUT2D eigenvalue weighted by molar-refractivity contribution is 6.76. The maximum Gasteiger partial charge on any atom is 0.540 e. The van der Waals surface area contributed by atoms with Crippen molar-refractivity contribution in [2.24, 2.45) is 0 Å². The molecule has 102 valence electrons. The Bertz CT molecular complexity index is 395. The lowest BCUT2D eigenvalue weighted by atomic mass is 10.2. The van der Waals surface area contributed by atoms with Crippen LogP contribution >= 0.6 is 0 Å². The molecule has 0 saturated heterocycles. The molecule has 0 amide bonds. The van der Waals surface area contributed by atoms with E-state index in [1.165, 1.54) is 0 Å². The van der Waals surface area contributed by atoms with Crippen LogP contribution in [0.3, 0.4) is 0 Å². The second-order valence-electron chi connectivity index (χ2n) is 3.69. The summed E-state index contributed by atoms with van der Waals surface area (Å²) in [5, 5.41) is 0.750. The van der Waals surface area contributed by atoms with Gasteiger partial charge in [-0.05, 0) is 24.6 Å². The monoisotopic (exact) mass is 272 g/mol. The van der Waals surface area contributed by atoms with Crippen molar-refractivity contribution in [3.63, 3.8) is 0 Å². The lowest BCUT2D eigenvalue weighted by molar-refractivity contribution is 0.139. The SMILES string of the molecule is COc1cc([Si](OC)(OC)OC)c(OC)cc1C. The Labute approximate surface area is 109 Å².